The Labute approximate surface area is 144 Å². The number of aryl methyl sites for hydroxylation is 1. The molecule has 126 valence electrons. The first kappa shape index (κ1) is 16.5. The highest BCUT2D eigenvalue weighted by atomic mass is 32.1. The zero-order valence-corrected chi connectivity index (χ0v) is 14.3. The van der Waals surface area contributed by atoms with Crippen LogP contribution in [0.25, 0.3) is 0 Å². The Hall–Kier alpha value is -2.34. The molecule has 1 aliphatic heterocycles. The molecule has 2 N–H and O–H groups in total. The van der Waals surface area contributed by atoms with E-state index in [1.807, 2.05) is 29.8 Å². The van der Waals surface area contributed by atoms with E-state index >= 15 is 0 Å². The number of carboxylic acids is 1. The second kappa shape index (κ2) is 7.05. The number of nitrogens with zero attached hydrogens (tertiary/aromatic N) is 1. The molecule has 2 heterocycles. The molecule has 1 aromatic heterocycles. The summed E-state index contributed by atoms with van der Waals surface area (Å²) in [6.45, 7) is 3.24. The smallest absolute Gasteiger partial charge is 0.335 e. The van der Waals surface area contributed by atoms with Gasteiger partial charge in [0.15, 0.2) is 0 Å². The number of carbonyl (C=O) groups is 2. The third kappa shape index (κ3) is 3.43. The number of likely N-dealkylation sites (tertiary alicyclic amines) is 1. The molecule has 1 saturated heterocycles. The topological polar surface area (TPSA) is 69.6 Å². The zero-order chi connectivity index (χ0) is 17.1. The lowest BCUT2D eigenvalue weighted by molar-refractivity contribution is 0.0694. The largest absolute Gasteiger partial charge is 0.478 e. The summed E-state index contributed by atoms with van der Waals surface area (Å²) < 4.78 is 0. The molecule has 0 unspecified atom stereocenters. The second-order valence-electron chi connectivity index (χ2n) is 6.05. The predicted octanol–water partition coefficient (Wildman–Crippen LogP) is 4.17. The Balaban J connectivity index is 1.63. The Morgan fingerprint density at radius 1 is 1.21 bits per heavy atom. The van der Waals surface area contributed by atoms with Crippen molar-refractivity contribution in [1.82, 2.24) is 4.90 Å². The van der Waals surface area contributed by atoms with Crippen LogP contribution in [0.2, 0.25) is 0 Å². The van der Waals surface area contributed by atoms with Crippen molar-refractivity contribution >= 4 is 29.0 Å². The first-order valence-corrected chi connectivity index (χ1v) is 8.91. The fourth-order valence-corrected chi connectivity index (χ4v) is 3.90. The maximum absolute atomic E-state index is 12.4. The summed E-state index contributed by atoms with van der Waals surface area (Å²) in [6.07, 6.45) is 1.56. The zero-order valence-electron chi connectivity index (χ0n) is 13.5. The molecule has 0 atom stereocenters. The quantitative estimate of drug-likeness (QED) is 0.878. The van der Waals surface area contributed by atoms with E-state index in [0.717, 1.165) is 29.7 Å². The monoisotopic (exact) mass is 344 g/mol. The summed E-state index contributed by atoms with van der Waals surface area (Å²) in [6, 6.07) is 7.08. The normalized spacial score (nSPS) is 15.3. The summed E-state index contributed by atoms with van der Waals surface area (Å²) in [7, 11) is 0. The fourth-order valence-electron chi connectivity index (χ4n) is 3.12. The van der Waals surface area contributed by atoms with Crippen LogP contribution in [0.3, 0.4) is 0 Å². The van der Waals surface area contributed by atoms with Crippen molar-refractivity contribution in [1.29, 1.82) is 0 Å². The van der Waals surface area contributed by atoms with E-state index in [-0.39, 0.29) is 11.9 Å². The van der Waals surface area contributed by atoms with Gasteiger partial charge in [0.1, 0.15) is 0 Å². The van der Waals surface area contributed by atoms with Crippen LogP contribution < -0.4 is 5.32 Å². The summed E-state index contributed by atoms with van der Waals surface area (Å²) in [5, 5.41) is 16.2. The van der Waals surface area contributed by atoms with E-state index in [1.54, 1.807) is 28.4 Å². The molecule has 0 bridgehead atoms. The lowest BCUT2D eigenvalue weighted by atomic mass is 9.86. The number of carbonyl (C=O) groups excluding carboxylic acids is 1. The molecule has 2 amide bonds. The summed E-state index contributed by atoms with van der Waals surface area (Å²) in [4.78, 5) is 25.5. The number of thiophene rings is 1. The van der Waals surface area contributed by atoms with Crippen molar-refractivity contribution in [3.05, 3.63) is 51.7 Å². The van der Waals surface area contributed by atoms with Crippen LogP contribution in [0, 0.1) is 6.92 Å². The number of hydrogen-bond donors (Lipinski definition) is 2. The molecule has 1 fully saturated rings. The molecular weight excluding hydrogens is 324 g/mol. The molecule has 0 aliphatic carbocycles. The maximum atomic E-state index is 12.4. The Kier molecular flexibility index (Phi) is 4.85. The number of aromatic carboxylic acids is 1. The van der Waals surface area contributed by atoms with E-state index < -0.39 is 5.97 Å². The van der Waals surface area contributed by atoms with E-state index in [1.165, 1.54) is 0 Å². The molecule has 5 nitrogen and oxygen atoms in total. The standard InChI is InChI=1S/C18H20N2O3S/c1-12-10-24-11-16(12)19-18(23)20-8-6-13(7-9-20)14-4-2-3-5-15(14)17(21)22/h2-5,10-11,13H,6-9H2,1H3,(H,19,23)(H,21,22). The highest BCUT2D eigenvalue weighted by Gasteiger charge is 2.26. The number of hydrogen-bond acceptors (Lipinski definition) is 3. The van der Waals surface area contributed by atoms with Gasteiger partial charge >= 0.3 is 12.0 Å². The number of piperidine rings is 1. The van der Waals surface area contributed by atoms with Crippen molar-refractivity contribution in [2.45, 2.75) is 25.7 Å². The van der Waals surface area contributed by atoms with Crippen molar-refractivity contribution in [2.75, 3.05) is 18.4 Å². The van der Waals surface area contributed by atoms with Crippen molar-refractivity contribution in [3.63, 3.8) is 0 Å². The lowest BCUT2D eigenvalue weighted by Gasteiger charge is -2.32. The average Bonchev–Trinajstić information content (AvgIpc) is 3.00. The van der Waals surface area contributed by atoms with Gasteiger partial charge in [-0.05, 0) is 48.3 Å². The van der Waals surface area contributed by atoms with Gasteiger partial charge in [0.05, 0.1) is 11.3 Å². The third-order valence-electron chi connectivity index (χ3n) is 4.51. The van der Waals surface area contributed by atoms with Crippen molar-refractivity contribution < 1.29 is 14.7 Å². The number of nitrogens with one attached hydrogen (secondary N) is 1. The van der Waals surface area contributed by atoms with Gasteiger partial charge in [-0.1, -0.05) is 18.2 Å². The minimum atomic E-state index is -0.890. The molecule has 1 aromatic carbocycles. The molecule has 2 aromatic rings. The van der Waals surface area contributed by atoms with Crippen molar-refractivity contribution in [2.24, 2.45) is 0 Å². The van der Waals surface area contributed by atoms with Crippen LogP contribution in [-0.2, 0) is 0 Å². The molecule has 6 heteroatoms. The Bertz CT molecular complexity index is 748. The lowest BCUT2D eigenvalue weighted by Crippen LogP contribution is -2.40. The van der Waals surface area contributed by atoms with Gasteiger partial charge in [0, 0.05) is 18.5 Å². The number of anilines is 1. The number of rotatable bonds is 3. The Morgan fingerprint density at radius 2 is 1.92 bits per heavy atom. The van der Waals surface area contributed by atoms with Crippen molar-refractivity contribution in [3.8, 4) is 0 Å². The first-order chi connectivity index (χ1) is 11.6. The molecule has 0 spiro atoms. The van der Waals surface area contributed by atoms with Crippen LogP contribution >= 0.6 is 11.3 Å². The minimum Gasteiger partial charge on any atom is -0.478 e. The number of urea groups is 1. The van der Waals surface area contributed by atoms with E-state index in [4.69, 9.17) is 0 Å². The molecular formula is C18H20N2O3S. The SMILES string of the molecule is Cc1cscc1NC(=O)N1CCC(c2ccccc2C(=O)O)CC1. The van der Waals surface area contributed by atoms with Crippen LogP contribution in [0.5, 0.6) is 0 Å². The van der Waals surface area contributed by atoms with Crippen LogP contribution in [0.1, 0.15) is 40.2 Å². The van der Waals surface area contributed by atoms with Gasteiger partial charge in [-0.15, -0.1) is 11.3 Å². The van der Waals surface area contributed by atoms with Crippen LogP contribution in [0.4, 0.5) is 10.5 Å². The van der Waals surface area contributed by atoms with Gasteiger partial charge in [-0.2, -0.15) is 0 Å². The molecule has 1 aliphatic rings. The van der Waals surface area contributed by atoms with Gasteiger partial charge < -0.3 is 15.3 Å². The van der Waals surface area contributed by atoms with Crippen LogP contribution in [-0.4, -0.2) is 35.1 Å². The molecule has 0 radical (unpaired) electrons. The van der Waals surface area contributed by atoms with E-state index in [0.29, 0.717) is 18.7 Å². The van der Waals surface area contributed by atoms with Gasteiger partial charge in [0.2, 0.25) is 0 Å². The Morgan fingerprint density at radius 3 is 2.54 bits per heavy atom. The first-order valence-electron chi connectivity index (χ1n) is 7.97. The molecule has 3 rings (SSSR count). The highest BCUT2D eigenvalue weighted by Crippen LogP contribution is 2.31. The van der Waals surface area contributed by atoms with E-state index in [2.05, 4.69) is 5.32 Å². The summed E-state index contributed by atoms with van der Waals surface area (Å²) >= 11 is 1.57. The predicted molar refractivity (Wildman–Crippen MR) is 95.0 cm³/mol. The maximum Gasteiger partial charge on any atom is 0.335 e. The van der Waals surface area contributed by atoms with E-state index in [9.17, 15) is 14.7 Å². The second-order valence-corrected chi connectivity index (χ2v) is 6.80. The number of amides is 2. The third-order valence-corrected chi connectivity index (χ3v) is 5.37. The summed E-state index contributed by atoms with van der Waals surface area (Å²) in [5.41, 5.74) is 3.18. The van der Waals surface area contributed by atoms with Gasteiger partial charge in [0.25, 0.3) is 0 Å². The van der Waals surface area contributed by atoms with Crippen LogP contribution in [0.15, 0.2) is 35.0 Å². The van der Waals surface area contributed by atoms with Gasteiger partial charge in [-0.25, -0.2) is 9.59 Å². The fraction of sp³-hybridized carbons (Fsp3) is 0.333. The highest BCUT2D eigenvalue weighted by molar-refractivity contribution is 7.08. The molecule has 0 saturated carbocycles. The number of benzene rings is 1. The summed E-state index contributed by atoms with van der Waals surface area (Å²) in [5.74, 6) is -0.706. The average molecular weight is 344 g/mol. The molecule has 24 heavy (non-hydrogen) atoms. The minimum absolute atomic E-state index is 0.0820. The van der Waals surface area contributed by atoms with Gasteiger partial charge in [-0.3, -0.25) is 0 Å². The number of carboxylic acid groups (broad SMARTS) is 1.